The van der Waals surface area contributed by atoms with E-state index >= 15 is 0 Å². The van der Waals surface area contributed by atoms with E-state index in [0.29, 0.717) is 18.9 Å². The Balaban J connectivity index is 1.62. The van der Waals surface area contributed by atoms with Gasteiger partial charge in [0.15, 0.2) is 5.84 Å². The van der Waals surface area contributed by atoms with Crippen LogP contribution in [0.15, 0.2) is 9.98 Å². The third-order valence-electron chi connectivity index (χ3n) is 4.02. The molecule has 1 spiro atoms. The zero-order valence-corrected chi connectivity index (χ0v) is 10.4. The normalized spacial score (nSPS) is 49.5. The Morgan fingerprint density at radius 1 is 1.55 bits per heavy atom. The van der Waals surface area contributed by atoms with Gasteiger partial charge in [-0.15, -0.1) is 0 Å². The maximum absolute atomic E-state index is 10.1. The molecular formula is C10H15N5O5. The van der Waals surface area contributed by atoms with Gasteiger partial charge >= 0.3 is 5.91 Å². The van der Waals surface area contributed by atoms with E-state index in [-0.39, 0.29) is 12.6 Å². The molecule has 0 aliphatic carbocycles. The fourth-order valence-corrected chi connectivity index (χ4v) is 2.93. The van der Waals surface area contributed by atoms with Gasteiger partial charge in [-0.05, 0) is 0 Å². The number of aliphatic hydroxyl groups excluding tert-OH is 2. The molecule has 10 heteroatoms. The number of rotatable bonds is 2. The van der Waals surface area contributed by atoms with Crippen molar-refractivity contribution in [2.24, 2.45) is 15.7 Å². The van der Waals surface area contributed by atoms with E-state index < -0.39 is 30.1 Å². The molecule has 5 atom stereocenters. The van der Waals surface area contributed by atoms with Crippen molar-refractivity contribution in [3.63, 3.8) is 0 Å². The molecule has 0 aromatic heterocycles. The van der Waals surface area contributed by atoms with Crippen molar-refractivity contribution >= 4 is 11.8 Å². The fourth-order valence-electron chi connectivity index (χ4n) is 2.93. The van der Waals surface area contributed by atoms with E-state index in [2.05, 4.69) is 15.3 Å². The number of nitrogens with zero attached hydrogens (tertiary/aromatic N) is 3. The van der Waals surface area contributed by atoms with Gasteiger partial charge in [-0.2, -0.15) is 9.98 Å². The van der Waals surface area contributed by atoms with E-state index in [9.17, 15) is 10.2 Å². The summed E-state index contributed by atoms with van der Waals surface area (Å²) in [5, 5.41) is 32.0. The SMILES string of the molecule is NC1=N[C@]2(O)O[C@@]23NCN([C@H]2C[C@H](O)[C@@H](CO)O2)C3=N1. The lowest BCUT2D eigenvalue weighted by Gasteiger charge is -2.26. The van der Waals surface area contributed by atoms with Gasteiger partial charge < -0.3 is 30.7 Å². The molecule has 6 N–H and O–H groups in total. The van der Waals surface area contributed by atoms with Crippen LogP contribution in [0.25, 0.3) is 0 Å². The Morgan fingerprint density at radius 3 is 3.05 bits per heavy atom. The van der Waals surface area contributed by atoms with Crippen LogP contribution in [-0.2, 0) is 9.47 Å². The van der Waals surface area contributed by atoms with Crippen LogP contribution < -0.4 is 11.1 Å². The van der Waals surface area contributed by atoms with Gasteiger partial charge in [0.05, 0.1) is 19.4 Å². The molecule has 0 radical (unpaired) electrons. The highest BCUT2D eigenvalue weighted by atomic mass is 16.8. The second-order valence-corrected chi connectivity index (χ2v) is 5.22. The summed E-state index contributed by atoms with van der Waals surface area (Å²) in [5.41, 5.74) is 4.39. The van der Waals surface area contributed by atoms with Crippen LogP contribution in [0.4, 0.5) is 0 Å². The first-order valence-corrected chi connectivity index (χ1v) is 6.32. The molecule has 4 rings (SSSR count). The zero-order chi connectivity index (χ0) is 14.1. The molecule has 0 amide bonds. The van der Waals surface area contributed by atoms with Crippen molar-refractivity contribution in [3.8, 4) is 0 Å². The molecule has 0 saturated carbocycles. The smallest absolute Gasteiger partial charge is 0.325 e. The Morgan fingerprint density at radius 2 is 2.35 bits per heavy atom. The van der Waals surface area contributed by atoms with Crippen molar-refractivity contribution in [3.05, 3.63) is 0 Å². The summed E-state index contributed by atoms with van der Waals surface area (Å²) in [6.45, 7) is 0.0417. The first-order chi connectivity index (χ1) is 9.49. The number of nitrogens with two attached hydrogens (primary N) is 1. The van der Waals surface area contributed by atoms with E-state index in [0.717, 1.165) is 0 Å². The Kier molecular flexibility index (Phi) is 2.28. The molecule has 20 heavy (non-hydrogen) atoms. The van der Waals surface area contributed by atoms with Crippen molar-refractivity contribution < 1.29 is 24.8 Å². The van der Waals surface area contributed by atoms with Gasteiger partial charge in [-0.25, -0.2) is 0 Å². The summed E-state index contributed by atoms with van der Waals surface area (Å²) in [4.78, 5) is 9.56. The maximum Gasteiger partial charge on any atom is 0.325 e. The second-order valence-electron chi connectivity index (χ2n) is 5.22. The van der Waals surface area contributed by atoms with Crippen LogP contribution >= 0.6 is 0 Å². The lowest BCUT2D eigenvalue weighted by molar-refractivity contribution is -0.0565. The van der Waals surface area contributed by atoms with Gasteiger partial charge in [0.25, 0.3) is 5.72 Å². The minimum atomic E-state index is -1.73. The summed E-state index contributed by atoms with van der Waals surface area (Å²) in [7, 11) is 0. The van der Waals surface area contributed by atoms with Crippen LogP contribution in [0.5, 0.6) is 0 Å². The number of aliphatic hydroxyl groups is 3. The molecule has 3 fully saturated rings. The Hall–Kier alpha value is -1.30. The lowest BCUT2D eigenvalue weighted by atomic mass is 10.1. The zero-order valence-electron chi connectivity index (χ0n) is 10.4. The molecular weight excluding hydrogens is 270 g/mol. The van der Waals surface area contributed by atoms with Gasteiger partial charge in [0, 0.05) is 6.42 Å². The summed E-state index contributed by atoms with van der Waals surface area (Å²) in [6.07, 6.45) is -1.55. The number of hydrogen-bond acceptors (Lipinski definition) is 10. The highest BCUT2D eigenvalue weighted by Crippen LogP contribution is 2.51. The minimum absolute atomic E-state index is 0.0819. The molecule has 3 saturated heterocycles. The van der Waals surface area contributed by atoms with Gasteiger partial charge in [-0.1, -0.05) is 0 Å². The van der Waals surface area contributed by atoms with E-state index in [1.807, 2.05) is 0 Å². The van der Waals surface area contributed by atoms with Gasteiger partial charge in [-0.3, -0.25) is 10.1 Å². The average molecular weight is 285 g/mol. The largest absolute Gasteiger partial charge is 0.394 e. The van der Waals surface area contributed by atoms with Crippen molar-refractivity contribution in [2.45, 2.75) is 36.5 Å². The minimum Gasteiger partial charge on any atom is -0.394 e. The predicted molar refractivity (Wildman–Crippen MR) is 64.0 cm³/mol. The Labute approximate surface area is 113 Å². The van der Waals surface area contributed by atoms with E-state index in [1.165, 1.54) is 0 Å². The second kappa shape index (κ2) is 3.67. The molecule has 0 aromatic carbocycles. The molecule has 4 aliphatic rings. The average Bonchev–Trinajstić information content (AvgIpc) is 2.68. The number of guanidine groups is 1. The first-order valence-electron chi connectivity index (χ1n) is 6.32. The quantitative estimate of drug-likeness (QED) is 0.327. The molecule has 4 aliphatic heterocycles. The van der Waals surface area contributed by atoms with E-state index in [4.69, 9.17) is 20.3 Å². The maximum atomic E-state index is 10.1. The van der Waals surface area contributed by atoms with Crippen LogP contribution in [0, 0.1) is 0 Å². The number of nitrogens with one attached hydrogen (secondary N) is 1. The summed E-state index contributed by atoms with van der Waals surface area (Å²) in [6, 6.07) is 0. The monoisotopic (exact) mass is 285 g/mol. The van der Waals surface area contributed by atoms with Crippen LogP contribution in [0.1, 0.15) is 6.42 Å². The van der Waals surface area contributed by atoms with Crippen LogP contribution in [0.3, 0.4) is 0 Å². The molecule has 0 aromatic rings. The topological polar surface area (TPSA) is 148 Å². The fraction of sp³-hybridized carbons (Fsp3) is 0.800. The summed E-state index contributed by atoms with van der Waals surface area (Å²) >= 11 is 0. The summed E-state index contributed by atoms with van der Waals surface area (Å²) in [5.74, 6) is -1.43. The highest BCUT2D eigenvalue weighted by molar-refractivity contribution is 6.05. The molecule has 0 unspecified atom stereocenters. The third kappa shape index (κ3) is 1.38. The molecule has 0 bridgehead atoms. The van der Waals surface area contributed by atoms with E-state index in [1.54, 1.807) is 4.90 Å². The third-order valence-corrected chi connectivity index (χ3v) is 4.02. The number of amidine groups is 1. The van der Waals surface area contributed by atoms with Crippen molar-refractivity contribution in [1.82, 2.24) is 10.2 Å². The standard InChI is InChI=1S/C10H15N5O5/c11-8-13-7-9(10(18,14-8)20-9)12-3-15(7)6-1-4(17)5(2-16)19-6/h4-6,12,16-18H,1-3H2,(H2,11,14)/t4-,5+,6+,9+,10+/m0/s1. The van der Waals surface area contributed by atoms with Crippen LogP contribution in [0.2, 0.25) is 0 Å². The Bertz CT molecular complexity index is 526. The van der Waals surface area contributed by atoms with Crippen molar-refractivity contribution in [1.29, 1.82) is 0 Å². The van der Waals surface area contributed by atoms with Crippen LogP contribution in [-0.4, -0.2) is 75.4 Å². The predicted octanol–water partition coefficient (Wildman–Crippen LogP) is -3.58. The summed E-state index contributed by atoms with van der Waals surface area (Å²) < 4.78 is 10.8. The molecule has 4 heterocycles. The number of ether oxygens (including phenoxy) is 2. The highest BCUT2D eigenvalue weighted by Gasteiger charge is 2.80. The number of epoxide rings is 1. The number of hydrogen-bond donors (Lipinski definition) is 5. The molecule has 10 nitrogen and oxygen atoms in total. The lowest BCUT2D eigenvalue weighted by Crippen LogP contribution is -2.47. The van der Waals surface area contributed by atoms with Gasteiger partial charge in [0.2, 0.25) is 5.96 Å². The molecule has 110 valence electrons. The first kappa shape index (κ1) is 12.4. The van der Waals surface area contributed by atoms with Gasteiger partial charge in [0.1, 0.15) is 12.3 Å². The number of aliphatic imine (C=N–C) groups is 2. The van der Waals surface area contributed by atoms with Crippen molar-refractivity contribution in [2.75, 3.05) is 13.3 Å².